The molecule has 2 heterocycles. The molecule has 0 atom stereocenters. The molecule has 9 heteroatoms. The van der Waals surface area contributed by atoms with Gasteiger partial charge in [0.2, 0.25) is 0 Å². The van der Waals surface area contributed by atoms with Crippen molar-refractivity contribution < 1.29 is 14.3 Å². The standard InChI is InChI=1S/C19H24ClN5O3/c1-19(2,11-28-3)22-18(27)24-7-8-25-14(10-24)15(17(21)26)16(23-25)12-5-4-6-13(20)9-12/h4-6,9H,7-8,10-11H2,1-3H3,(H2,21,26)(H,22,27). The summed E-state index contributed by atoms with van der Waals surface area (Å²) in [5.74, 6) is -0.585. The van der Waals surface area contributed by atoms with Crippen molar-refractivity contribution in [1.82, 2.24) is 20.0 Å². The van der Waals surface area contributed by atoms with Crippen molar-refractivity contribution in [3.8, 4) is 11.3 Å². The molecule has 150 valence electrons. The van der Waals surface area contributed by atoms with E-state index < -0.39 is 11.4 Å². The van der Waals surface area contributed by atoms with Gasteiger partial charge in [-0.05, 0) is 26.0 Å². The average molecular weight is 406 g/mol. The highest BCUT2D eigenvalue weighted by Gasteiger charge is 2.31. The molecule has 28 heavy (non-hydrogen) atoms. The highest BCUT2D eigenvalue weighted by molar-refractivity contribution is 6.30. The number of amides is 3. The summed E-state index contributed by atoms with van der Waals surface area (Å²) < 4.78 is 6.88. The first kappa shape index (κ1) is 20.2. The van der Waals surface area contributed by atoms with Crippen molar-refractivity contribution >= 4 is 23.5 Å². The summed E-state index contributed by atoms with van der Waals surface area (Å²) >= 11 is 6.08. The molecule has 0 saturated heterocycles. The number of benzene rings is 1. The predicted octanol–water partition coefficient (Wildman–Crippen LogP) is 2.25. The van der Waals surface area contributed by atoms with Crippen molar-refractivity contribution in [3.63, 3.8) is 0 Å². The van der Waals surface area contributed by atoms with Gasteiger partial charge in [0, 0.05) is 24.2 Å². The van der Waals surface area contributed by atoms with Crippen molar-refractivity contribution in [3.05, 3.63) is 40.5 Å². The lowest BCUT2D eigenvalue weighted by molar-refractivity contribution is 0.0995. The summed E-state index contributed by atoms with van der Waals surface area (Å²) in [4.78, 5) is 26.5. The number of urea groups is 1. The van der Waals surface area contributed by atoms with Gasteiger partial charge in [-0.2, -0.15) is 5.10 Å². The van der Waals surface area contributed by atoms with Gasteiger partial charge in [0.1, 0.15) is 5.69 Å². The Morgan fingerprint density at radius 1 is 1.36 bits per heavy atom. The first-order valence-corrected chi connectivity index (χ1v) is 9.31. The van der Waals surface area contributed by atoms with Crippen LogP contribution in [0.25, 0.3) is 11.3 Å². The molecule has 0 spiro atoms. The van der Waals surface area contributed by atoms with Crippen LogP contribution in [0.3, 0.4) is 0 Å². The topological polar surface area (TPSA) is 102 Å². The summed E-state index contributed by atoms with van der Waals surface area (Å²) in [6.45, 7) is 5.32. The number of fused-ring (bicyclic) bond motifs is 1. The predicted molar refractivity (Wildman–Crippen MR) is 106 cm³/mol. The van der Waals surface area contributed by atoms with E-state index in [1.165, 1.54) is 0 Å². The molecule has 1 aliphatic rings. The van der Waals surface area contributed by atoms with Crippen LogP contribution in [0.2, 0.25) is 5.02 Å². The SMILES string of the molecule is COCC(C)(C)NC(=O)N1CCn2nc(-c3cccc(Cl)c3)c(C(N)=O)c2C1. The Bertz CT molecular complexity index is 909. The van der Waals surface area contributed by atoms with Gasteiger partial charge in [-0.3, -0.25) is 9.48 Å². The van der Waals surface area contributed by atoms with Gasteiger partial charge in [-0.25, -0.2) is 4.79 Å². The minimum Gasteiger partial charge on any atom is -0.382 e. The zero-order valence-electron chi connectivity index (χ0n) is 16.2. The molecule has 8 nitrogen and oxygen atoms in total. The number of rotatable bonds is 5. The van der Waals surface area contributed by atoms with E-state index in [0.29, 0.717) is 47.2 Å². The van der Waals surface area contributed by atoms with Crippen LogP contribution in [0, 0.1) is 0 Å². The minimum atomic E-state index is -0.585. The van der Waals surface area contributed by atoms with Crippen LogP contribution in [-0.4, -0.2) is 52.4 Å². The molecule has 3 N–H and O–H groups in total. The molecule has 0 aliphatic carbocycles. The van der Waals surface area contributed by atoms with E-state index in [0.717, 1.165) is 0 Å². The third kappa shape index (κ3) is 4.13. The van der Waals surface area contributed by atoms with Gasteiger partial charge in [0.25, 0.3) is 5.91 Å². The number of halogens is 1. The van der Waals surface area contributed by atoms with E-state index >= 15 is 0 Å². The number of aromatic nitrogens is 2. The zero-order chi connectivity index (χ0) is 20.5. The first-order chi connectivity index (χ1) is 13.2. The van der Waals surface area contributed by atoms with Crippen LogP contribution in [0.4, 0.5) is 4.79 Å². The second-order valence-electron chi connectivity index (χ2n) is 7.44. The van der Waals surface area contributed by atoms with Gasteiger partial charge in [0.15, 0.2) is 0 Å². The van der Waals surface area contributed by atoms with E-state index in [9.17, 15) is 9.59 Å². The highest BCUT2D eigenvalue weighted by atomic mass is 35.5. The number of ether oxygens (including phenoxy) is 1. The number of hydrogen-bond donors (Lipinski definition) is 2. The Morgan fingerprint density at radius 2 is 2.11 bits per heavy atom. The summed E-state index contributed by atoms with van der Waals surface area (Å²) in [6, 6.07) is 6.87. The van der Waals surface area contributed by atoms with E-state index in [1.54, 1.807) is 34.9 Å². The van der Waals surface area contributed by atoms with E-state index in [2.05, 4.69) is 10.4 Å². The lowest BCUT2D eigenvalue weighted by Gasteiger charge is -2.33. The zero-order valence-corrected chi connectivity index (χ0v) is 16.9. The molecule has 0 bridgehead atoms. The third-order valence-corrected chi connectivity index (χ3v) is 4.80. The third-order valence-electron chi connectivity index (χ3n) is 4.56. The maximum absolute atomic E-state index is 12.7. The molecule has 3 amide bonds. The molecule has 0 saturated carbocycles. The number of nitrogens with zero attached hydrogens (tertiary/aromatic N) is 3. The molecule has 3 rings (SSSR count). The molecule has 1 aliphatic heterocycles. The number of carbonyl (C=O) groups is 2. The average Bonchev–Trinajstić information content (AvgIpc) is 3.00. The van der Waals surface area contributed by atoms with Gasteiger partial charge in [0.05, 0.1) is 36.5 Å². The maximum atomic E-state index is 12.7. The van der Waals surface area contributed by atoms with Crippen LogP contribution in [0.1, 0.15) is 29.9 Å². The Kier molecular flexibility index (Phi) is 5.62. The van der Waals surface area contributed by atoms with Crippen LogP contribution < -0.4 is 11.1 Å². The fourth-order valence-corrected chi connectivity index (χ4v) is 3.54. The quantitative estimate of drug-likeness (QED) is 0.796. The molecular weight excluding hydrogens is 382 g/mol. The maximum Gasteiger partial charge on any atom is 0.318 e. The summed E-state index contributed by atoms with van der Waals surface area (Å²) in [7, 11) is 1.59. The van der Waals surface area contributed by atoms with Crippen LogP contribution in [-0.2, 0) is 17.8 Å². The lowest BCUT2D eigenvalue weighted by Crippen LogP contribution is -2.53. The molecule has 2 aromatic rings. The Balaban J connectivity index is 1.90. The number of primary amides is 1. The molecule has 0 fully saturated rings. The summed E-state index contributed by atoms with van der Waals surface area (Å²) in [5.41, 5.74) is 7.27. The normalized spacial score (nSPS) is 13.9. The van der Waals surface area contributed by atoms with Gasteiger partial charge in [-0.1, -0.05) is 23.7 Å². The largest absolute Gasteiger partial charge is 0.382 e. The molecular formula is C19H24ClN5O3. The van der Waals surface area contributed by atoms with Crippen molar-refractivity contribution in [2.75, 3.05) is 20.3 Å². The van der Waals surface area contributed by atoms with Crippen molar-refractivity contribution in [2.45, 2.75) is 32.5 Å². The first-order valence-electron chi connectivity index (χ1n) is 8.93. The number of hydrogen-bond acceptors (Lipinski definition) is 4. The van der Waals surface area contributed by atoms with Gasteiger partial charge < -0.3 is 20.7 Å². The lowest BCUT2D eigenvalue weighted by atomic mass is 10.0. The Hall–Kier alpha value is -2.58. The molecule has 1 aromatic carbocycles. The summed E-state index contributed by atoms with van der Waals surface area (Å²) in [5, 5.41) is 8.05. The second-order valence-corrected chi connectivity index (χ2v) is 7.87. The second kappa shape index (κ2) is 7.81. The number of carbonyl (C=O) groups excluding carboxylic acids is 2. The monoisotopic (exact) mass is 405 g/mol. The van der Waals surface area contributed by atoms with E-state index in [-0.39, 0.29) is 12.6 Å². The minimum absolute atomic E-state index is 0.228. The van der Waals surface area contributed by atoms with Crippen LogP contribution in [0.5, 0.6) is 0 Å². The van der Waals surface area contributed by atoms with Crippen LogP contribution in [0.15, 0.2) is 24.3 Å². The molecule has 0 radical (unpaired) electrons. The van der Waals surface area contributed by atoms with E-state index in [1.807, 2.05) is 19.9 Å². The fourth-order valence-electron chi connectivity index (χ4n) is 3.35. The number of nitrogens with one attached hydrogen (secondary N) is 1. The summed E-state index contributed by atoms with van der Waals surface area (Å²) in [6.07, 6.45) is 0. The van der Waals surface area contributed by atoms with Crippen molar-refractivity contribution in [2.24, 2.45) is 5.73 Å². The number of methoxy groups -OCH3 is 1. The highest BCUT2D eigenvalue weighted by Crippen LogP contribution is 2.29. The van der Waals surface area contributed by atoms with Gasteiger partial charge >= 0.3 is 6.03 Å². The Labute approximate surface area is 168 Å². The fraction of sp³-hybridized carbons (Fsp3) is 0.421. The number of nitrogens with two attached hydrogens (primary N) is 1. The van der Waals surface area contributed by atoms with Crippen molar-refractivity contribution in [1.29, 1.82) is 0 Å². The molecule has 1 aromatic heterocycles. The molecule has 0 unspecified atom stereocenters. The smallest absolute Gasteiger partial charge is 0.318 e. The Morgan fingerprint density at radius 3 is 2.75 bits per heavy atom. The van der Waals surface area contributed by atoms with E-state index in [4.69, 9.17) is 22.1 Å². The van der Waals surface area contributed by atoms with Crippen LogP contribution >= 0.6 is 11.6 Å². The van der Waals surface area contributed by atoms with Gasteiger partial charge in [-0.15, -0.1) is 0 Å².